The monoisotopic (exact) mass is 199 g/mol. The first kappa shape index (κ1) is 10.4. The summed E-state index contributed by atoms with van der Waals surface area (Å²) in [7, 11) is 0. The summed E-state index contributed by atoms with van der Waals surface area (Å²) in [6, 6.07) is 0.533. The highest BCUT2D eigenvalue weighted by molar-refractivity contribution is 4.81. The molecule has 0 aromatic rings. The summed E-state index contributed by atoms with van der Waals surface area (Å²) in [6.07, 6.45) is 3.50. The highest BCUT2D eigenvalue weighted by Crippen LogP contribution is 2.32. The Morgan fingerprint density at radius 2 is 1.79 bits per heavy atom. The highest BCUT2D eigenvalue weighted by Gasteiger charge is 2.33. The molecule has 1 saturated heterocycles. The zero-order valence-corrected chi connectivity index (χ0v) is 9.15. The van der Waals surface area contributed by atoms with Gasteiger partial charge in [0.25, 0.3) is 0 Å². The van der Waals surface area contributed by atoms with E-state index in [1.807, 2.05) is 5.06 Å². The fourth-order valence-corrected chi connectivity index (χ4v) is 2.89. The summed E-state index contributed by atoms with van der Waals surface area (Å²) >= 11 is 0. The first-order valence-electron chi connectivity index (χ1n) is 5.72. The third kappa shape index (κ3) is 2.27. The Morgan fingerprint density at radius 1 is 1.14 bits per heavy atom. The van der Waals surface area contributed by atoms with Crippen LogP contribution < -0.4 is 0 Å². The molecule has 3 nitrogen and oxygen atoms in total. The molecule has 1 aliphatic carbocycles. The van der Waals surface area contributed by atoms with Crippen molar-refractivity contribution in [3.8, 4) is 0 Å². The van der Waals surface area contributed by atoms with Crippen LogP contribution in [0.2, 0.25) is 0 Å². The third-order valence-electron chi connectivity index (χ3n) is 3.38. The predicted molar refractivity (Wildman–Crippen MR) is 54.6 cm³/mol. The Hall–Kier alpha value is -0.120. The highest BCUT2D eigenvalue weighted by atomic mass is 16.7. The van der Waals surface area contributed by atoms with Gasteiger partial charge < -0.3 is 5.11 Å². The predicted octanol–water partition coefficient (Wildman–Crippen LogP) is 1.42. The minimum Gasteiger partial charge on any atom is -0.389 e. The second-order valence-electron chi connectivity index (χ2n) is 5.12. The normalized spacial score (nSPS) is 45.6. The van der Waals surface area contributed by atoms with E-state index in [1.54, 1.807) is 0 Å². The van der Waals surface area contributed by atoms with Crippen LogP contribution in [-0.2, 0) is 4.84 Å². The first-order chi connectivity index (χ1) is 6.65. The van der Waals surface area contributed by atoms with Crippen molar-refractivity contribution in [2.75, 3.05) is 13.2 Å². The number of nitrogens with zero attached hydrogens (tertiary/aromatic N) is 1. The fourth-order valence-electron chi connectivity index (χ4n) is 2.89. The fraction of sp³-hybridized carbons (Fsp3) is 1.00. The summed E-state index contributed by atoms with van der Waals surface area (Å²) in [5.41, 5.74) is 0. The second kappa shape index (κ2) is 4.17. The number of aliphatic hydroxyl groups excluding tert-OH is 1. The molecule has 0 radical (unpaired) electrons. The van der Waals surface area contributed by atoms with Crippen LogP contribution in [0, 0.1) is 11.8 Å². The number of hydroxylamine groups is 2. The lowest BCUT2D eigenvalue weighted by Gasteiger charge is -2.35. The standard InChI is InChI=1S/C11H21NO2/c1-8-3-9(2)5-10(4-8)12-6-11(13)7-14-12/h8-11,13H,3-7H2,1-2H3/t8?,9?,10?,11-/m1/s1. The molecule has 3 heteroatoms. The molecule has 0 spiro atoms. The minimum absolute atomic E-state index is 0.275. The minimum atomic E-state index is -0.275. The van der Waals surface area contributed by atoms with E-state index in [2.05, 4.69) is 13.8 Å². The van der Waals surface area contributed by atoms with Crippen LogP contribution in [0.1, 0.15) is 33.1 Å². The summed E-state index contributed by atoms with van der Waals surface area (Å²) in [6.45, 7) is 5.81. The van der Waals surface area contributed by atoms with Crippen molar-refractivity contribution < 1.29 is 9.94 Å². The number of aliphatic hydroxyl groups is 1. The smallest absolute Gasteiger partial charge is 0.0958 e. The molecule has 2 fully saturated rings. The molecule has 1 heterocycles. The quantitative estimate of drug-likeness (QED) is 0.693. The molecule has 2 rings (SSSR count). The van der Waals surface area contributed by atoms with Gasteiger partial charge in [-0.05, 0) is 31.1 Å². The Bertz CT molecular complexity index is 188. The van der Waals surface area contributed by atoms with E-state index < -0.39 is 0 Å². The average Bonchev–Trinajstić information content (AvgIpc) is 2.50. The number of β-amino-alcohol motifs (C(OH)–C–C–N with tert-alkyl or cyclic N) is 1. The largest absolute Gasteiger partial charge is 0.389 e. The van der Waals surface area contributed by atoms with Gasteiger partial charge in [-0.3, -0.25) is 4.84 Å². The Kier molecular flexibility index (Phi) is 3.10. The van der Waals surface area contributed by atoms with Crippen molar-refractivity contribution in [2.24, 2.45) is 11.8 Å². The van der Waals surface area contributed by atoms with Gasteiger partial charge in [-0.15, -0.1) is 0 Å². The van der Waals surface area contributed by atoms with Crippen molar-refractivity contribution in [2.45, 2.75) is 45.3 Å². The Labute approximate surface area is 86.0 Å². The molecule has 1 N–H and O–H groups in total. The number of hydrogen-bond acceptors (Lipinski definition) is 3. The maximum absolute atomic E-state index is 9.40. The van der Waals surface area contributed by atoms with Gasteiger partial charge in [-0.2, -0.15) is 5.06 Å². The molecule has 0 bridgehead atoms. The van der Waals surface area contributed by atoms with E-state index in [-0.39, 0.29) is 6.10 Å². The molecule has 82 valence electrons. The zero-order chi connectivity index (χ0) is 10.1. The summed E-state index contributed by atoms with van der Waals surface area (Å²) < 4.78 is 0. The van der Waals surface area contributed by atoms with E-state index in [1.165, 1.54) is 19.3 Å². The Balaban J connectivity index is 1.90. The van der Waals surface area contributed by atoms with E-state index in [4.69, 9.17) is 4.84 Å². The van der Waals surface area contributed by atoms with Crippen molar-refractivity contribution in [3.05, 3.63) is 0 Å². The molecule has 3 atom stereocenters. The van der Waals surface area contributed by atoms with E-state index in [0.717, 1.165) is 11.8 Å². The van der Waals surface area contributed by atoms with Crippen LogP contribution in [0.25, 0.3) is 0 Å². The molecule has 1 saturated carbocycles. The van der Waals surface area contributed by atoms with Gasteiger partial charge >= 0.3 is 0 Å². The van der Waals surface area contributed by atoms with Crippen LogP contribution in [-0.4, -0.2) is 35.5 Å². The van der Waals surface area contributed by atoms with Crippen LogP contribution in [0.5, 0.6) is 0 Å². The van der Waals surface area contributed by atoms with Crippen molar-refractivity contribution in [3.63, 3.8) is 0 Å². The average molecular weight is 199 g/mol. The summed E-state index contributed by atoms with van der Waals surface area (Å²) in [5, 5.41) is 11.4. The van der Waals surface area contributed by atoms with Crippen molar-refractivity contribution >= 4 is 0 Å². The van der Waals surface area contributed by atoms with Gasteiger partial charge in [-0.1, -0.05) is 13.8 Å². The van der Waals surface area contributed by atoms with Gasteiger partial charge in [-0.25, -0.2) is 0 Å². The molecule has 14 heavy (non-hydrogen) atoms. The van der Waals surface area contributed by atoms with E-state index >= 15 is 0 Å². The molecule has 0 aromatic heterocycles. The van der Waals surface area contributed by atoms with Crippen molar-refractivity contribution in [1.29, 1.82) is 0 Å². The summed E-state index contributed by atoms with van der Waals surface area (Å²) in [4.78, 5) is 5.48. The van der Waals surface area contributed by atoms with Crippen LogP contribution >= 0.6 is 0 Å². The molecule has 0 aromatic carbocycles. The maximum Gasteiger partial charge on any atom is 0.0958 e. The zero-order valence-electron chi connectivity index (χ0n) is 9.15. The van der Waals surface area contributed by atoms with Crippen LogP contribution in [0.4, 0.5) is 0 Å². The lowest BCUT2D eigenvalue weighted by Crippen LogP contribution is -2.38. The maximum atomic E-state index is 9.40. The van der Waals surface area contributed by atoms with Gasteiger partial charge in [0.2, 0.25) is 0 Å². The summed E-state index contributed by atoms with van der Waals surface area (Å²) in [5.74, 6) is 1.59. The second-order valence-corrected chi connectivity index (χ2v) is 5.12. The molecule has 1 aliphatic heterocycles. The van der Waals surface area contributed by atoms with E-state index in [0.29, 0.717) is 19.2 Å². The molecular formula is C11H21NO2. The van der Waals surface area contributed by atoms with Gasteiger partial charge in [0.1, 0.15) is 0 Å². The molecule has 2 aliphatic rings. The van der Waals surface area contributed by atoms with Gasteiger partial charge in [0, 0.05) is 6.04 Å². The Morgan fingerprint density at radius 3 is 2.29 bits per heavy atom. The lowest BCUT2D eigenvalue weighted by molar-refractivity contribution is -0.155. The van der Waals surface area contributed by atoms with E-state index in [9.17, 15) is 5.11 Å². The van der Waals surface area contributed by atoms with Gasteiger partial charge in [0.15, 0.2) is 0 Å². The SMILES string of the molecule is CC1CC(C)CC(N2C[C@@H](O)CO2)C1. The molecule has 0 amide bonds. The topological polar surface area (TPSA) is 32.7 Å². The first-order valence-corrected chi connectivity index (χ1v) is 5.72. The molecule has 2 unspecified atom stereocenters. The van der Waals surface area contributed by atoms with Crippen LogP contribution in [0.15, 0.2) is 0 Å². The molecular weight excluding hydrogens is 178 g/mol. The van der Waals surface area contributed by atoms with Crippen molar-refractivity contribution in [1.82, 2.24) is 5.06 Å². The van der Waals surface area contributed by atoms with Gasteiger partial charge in [0.05, 0.1) is 19.3 Å². The number of hydrogen-bond donors (Lipinski definition) is 1. The lowest BCUT2D eigenvalue weighted by atomic mass is 9.80. The third-order valence-corrected chi connectivity index (χ3v) is 3.38. The van der Waals surface area contributed by atoms with Crippen LogP contribution in [0.3, 0.4) is 0 Å². The number of rotatable bonds is 1.